The summed E-state index contributed by atoms with van der Waals surface area (Å²) in [6.07, 6.45) is 2.07. The van der Waals surface area contributed by atoms with Crippen molar-refractivity contribution in [1.82, 2.24) is 9.55 Å². The predicted octanol–water partition coefficient (Wildman–Crippen LogP) is 5.23. The van der Waals surface area contributed by atoms with Gasteiger partial charge in [-0.3, -0.25) is 4.79 Å². The van der Waals surface area contributed by atoms with Crippen LogP contribution in [0, 0.1) is 0 Å². The molecule has 0 aliphatic heterocycles. The largest absolute Gasteiger partial charge is 0.379 e. The lowest BCUT2D eigenvalue weighted by Crippen LogP contribution is -1.82. The summed E-state index contributed by atoms with van der Waals surface area (Å²) < 4.78 is 31.0. The molecule has 2 N–H and O–H groups in total. The summed E-state index contributed by atoms with van der Waals surface area (Å²) >= 11 is 0. The summed E-state index contributed by atoms with van der Waals surface area (Å²) in [6, 6.07) is 32.1. The molecule has 1 heterocycles. The molecule has 1 amide bonds. The first kappa shape index (κ1) is 25.4. The smallest absolute Gasteiger partial charge is 0.372 e. The highest BCUT2D eigenvalue weighted by molar-refractivity contribution is 5.74. The molecule has 154 valence electrons. The van der Waals surface area contributed by atoms with Crippen molar-refractivity contribution in [1.29, 1.82) is 0 Å². The number of fused-ring (bicyclic) bond motifs is 1. The molecule has 1 aromatic heterocycles. The Morgan fingerprint density at radius 3 is 1.41 bits per heavy atom. The lowest BCUT2D eigenvalue weighted by Gasteiger charge is -1.90. The van der Waals surface area contributed by atoms with Crippen LogP contribution in [0.4, 0.5) is 13.2 Å². The highest BCUT2D eigenvalue weighted by Gasteiger charge is 1.93. The minimum atomic E-state index is -3.67. The molecule has 0 unspecified atom stereocenters. The molecule has 0 bridgehead atoms. The Hall–Kier alpha value is -3.61. The molecule has 0 saturated heterocycles. The first-order chi connectivity index (χ1) is 14.0. The molecule has 0 atom stereocenters. The third-order valence-electron chi connectivity index (χ3n) is 2.97. The van der Waals surface area contributed by atoms with Crippen LogP contribution in [0.15, 0.2) is 103 Å². The maximum absolute atomic E-state index is 9.67. The van der Waals surface area contributed by atoms with E-state index in [0.29, 0.717) is 0 Å². The molecule has 7 heteroatoms. The van der Waals surface area contributed by atoms with E-state index >= 15 is 0 Å². The first-order valence-electron chi connectivity index (χ1n) is 8.46. The third-order valence-corrected chi connectivity index (χ3v) is 2.97. The first-order valence-corrected chi connectivity index (χ1v) is 8.46. The van der Waals surface area contributed by atoms with E-state index in [1.165, 1.54) is 5.52 Å². The van der Waals surface area contributed by atoms with E-state index < -0.39 is 6.68 Å². The van der Waals surface area contributed by atoms with Gasteiger partial charge in [0.1, 0.15) is 0 Å². The Kier molecular flexibility index (Phi) is 15.6. The number of aromatic nitrogens is 2. The van der Waals surface area contributed by atoms with Gasteiger partial charge in [0.05, 0.1) is 17.4 Å². The molecule has 0 saturated carbocycles. The zero-order valence-electron chi connectivity index (χ0n) is 16.0. The normalized spacial score (nSPS) is 8.59. The van der Waals surface area contributed by atoms with Crippen LogP contribution in [-0.2, 0) is 11.8 Å². The van der Waals surface area contributed by atoms with Crippen LogP contribution in [0.5, 0.6) is 0 Å². The number of amides is 1. The maximum atomic E-state index is 9.67. The fourth-order valence-corrected chi connectivity index (χ4v) is 1.85. The topological polar surface area (TPSA) is 60.9 Å². The summed E-state index contributed by atoms with van der Waals surface area (Å²) in [4.78, 5) is 12.8. The Bertz CT molecular complexity index is 769. The van der Waals surface area contributed by atoms with Crippen molar-refractivity contribution in [2.75, 3.05) is 0 Å². The van der Waals surface area contributed by atoms with E-state index in [1.807, 2.05) is 109 Å². The highest BCUT2D eigenvalue weighted by Crippen LogP contribution is 2.08. The zero-order chi connectivity index (χ0) is 21.7. The monoisotopic (exact) mass is 403 g/mol. The minimum absolute atomic E-state index is 0.250. The number of alkyl halides is 3. The molecule has 4 rings (SSSR count). The molecule has 0 spiro atoms. The Balaban J connectivity index is 0.000000363. The van der Waals surface area contributed by atoms with Crippen molar-refractivity contribution >= 4 is 17.4 Å². The van der Waals surface area contributed by atoms with Crippen LogP contribution < -0.4 is 5.73 Å². The van der Waals surface area contributed by atoms with Gasteiger partial charge in [-0.15, -0.1) is 0 Å². The number of hydrogen-bond acceptors (Lipinski definition) is 2. The standard InChI is InChI=1S/C8H8N2.2C6H6.CHF3.CH3NO/c1-10-6-9-7-4-2-3-5-8(7)10;2*1-2-4-6-5-3-1;2-1(3)4;2-1-3/h2-6H,1H3;2*1-6H;1H;1H,(H2,2,3). The van der Waals surface area contributed by atoms with E-state index in [9.17, 15) is 13.2 Å². The molecule has 0 fully saturated rings. The van der Waals surface area contributed by atoms with Gasteiger partial charge in [-0.25, -0.2) is 4.98 Å². The molecule has 0 aliphatic carbocycles. The third kappa shape index (κ3) is 15.2. The number of rotatable bonds is 0. The van der Waals surface area contributed by atoms with Crippen LogP contribution >= 0.6 is 0 Å². The highest BCUT2D eigenvalue weighted by atomic mass is 19.4. The van der Waals surface area contributed by atoms with Crippen molar-refractivity contribution in [2.24, 2.45) is 12.8 Å². The van der Waals surface area contributed by atoms with Gasteiger partial charge in [0.25, 0.3) is 0 Å². The Morgan fingerprint density at radius 2 is 1.10 bits per heavy atom. The van der Waals surface area contributed by atoms with Gasteiger partial charge < -0.3 is 10.3 Å². The van der Waals surface area contributed by atoms with Crippen molar-refractivity contribution in [3.05, 3.63) is 103 Å². The molecular formula is C22H24F3N3O. The van der Waals surface area contributed by atoms with Crippen molar-refractivity contribution in [2.45, 2.75) is 6.68 Å². The van der Waals surface area contributed by atoms with E-state index in [-0.39, 0.29) is 6.41 Å². The average molecular weight is 403 g/mol. The van der Waals surface area contributed by atoms with Crippen molar-refractivity contribution in [3.8, 4) is 0 Å². The van der Waals surface area contributed by atoms with Gasteiger partial charge in [0.15, 0.2) is 0 Å². The van der Waals surface area contributed by atoms with Crippen LogP contribution in [-0.4, -0.2) is 22.6 Å². The molecule has 0 aliphatic rings. The van der Waals surface area contributed by atoms with Crippen LogP contribution in [0.1, 0.15) is 0 Å². The second kappa shape index (κ2) is 17.8. The van der Waals surface area contributed by atoms with E-state index in [4.69, 9.17) is 4.79 Å². The number of halogens is 3. The van der Waals surface area contributed by atoms with E-state index in [1.54, 1.807) is 0 Å². The number of para-hydroxylation sites is 2. The second-order valence-corrected chi connectivity index (χ2v) is 5.04. The molecule has 0 radical (unpaired) electrons. The lowest BCUT2D eigenvalue weighted by atomic mass is 10.3. The number of benzene rings is 3. The van der Waals surface area contributed by atoms with Crippen LogP contribution in [0.25, 0.3) is 11.0 Å². The van der Waals surface area contributed by atoms with Gasteiger partial charge in [0.2, 0.25) is 6.41 Å². The summed E-state index contributed by atoms with van der Waals surface area (Å²) in [5, 5.41) is 0. The van der Waals surface area contributed by atoms with Crippen LogP contribution in [0.2, 0.25) is 0 Å². The summed E-state index contributed by atoms with van der Waals surface area (Å²) in [5.41, 5.74) is 6.41. The van der Waals surface area contributed by atoms with Gasteiger partial charge in [-0.2, -0.15) is 13.2 Å². The molecule has 3 aromatic carbocycles. The van der Waals surface area contributed by atoms with Crippen molar-refractivity contribution in [3.63, 3.8) is 0 Å². The average Bonchev–Trinajstić information content (AvgIpc) is 3.13. The lowest BCUT2D eigenvalue weighted by molar-refractivity contribution is -0.106. The fourth-order valence-electron chi connectivity index (χ4n) is 1.85. The van der Waals surface area contributed by atoms with Crippen molar-refractivity contribution < 1.29 is 18.0 Å². The predicted molar refractivity (Wildman–Crippen MR) is 111 cm³/mol. The fraction of sp³-hybridized carbons (Fsp3) is 0.0909. The number of carbonyl (C=O) groups excluding carboxylic acids is 1. The minimum Gasteiger partial charge on any atom is -0.372 e. The van der Waals surface area contributed by atoms with Gasteiger partial charge in [-0.1, -0.05) is 84.9 Å². The van der Waals surface area contributed by atoms with E-state index in [2.05, 4.69) is 16.8 Å². The summed E-state index contributed by atoms with van der Waals surface area (Å²) in [6.45, 7) is -3.67. The number of aryl methyl sites for hydroxylation is 1. The zero-order valence-corrected chi connectivity index (χ0v) is 16.0. The van der Waals surface area contributed by atoms with Gasteiger partial charge in [0, 0.05) is 7.05 Å². The SMILES string of the molecule is Cn1cnc2ccccc21.FC(F)F.NC=O.c1ccccc1.c1ccccc1. The Morgan fingerprint density at radius 1 is 0.793 bits per heavy atom. The summed E-state index contributed by atoms with van der Waals surface area (Å²) in [5.74, 6) is 0. The number of nitrogens with two attached hydrogens (primary N) is 1. The summed E-state index contributed by atoms with van der Waals surface area (Å²) in [7, 11) is 2.00. The quantitative estimate of drug-likeness (QED) is 0.409. The molecule has 29 heavy (non-hydrogen) atoms. The number of hydrogen-bond donors (Lipinski definition) is 1. The maximum Gasteiger partial charge on any atom is 0.379 e. The van der Waals surface area contributed by atoms with Crippen LogP contribution in [0.3, 0.4) is 0 Å². The number of nitrogens with zero attached hydrogens (tertiary/aromatic N) is 2. The number of carbonyl (C=O) groups is 1. The number of primary amides is 1. The van der Waals surface area contributed by atoms with Gasteiger partial charge in [-0.05, 0) is 12.1 Å². The van der Waals surface area contributed by atoms with E-state index in [0.717, 1.165) is 5.52 Å². The Labute approximate surface area is 168 Å². The number of imidazole rings is 1. The second-order valence-electron chi connectivity index (χ2n) is 5.04. The molecular weight excluding hydrogens is 379 g/mol. The molecule has 4 aromatic rings. The molecule has 4 nitrogen and oxygen atoms in total. The van der Waals surface area contributed by atoms with Gasteiger partial charge >= 0.3 is 6.68 Å².